The third-order valence-electron chi connectivity index (χ3n) is 3.52. The summed E-state index contributed by atoms with van der Waals surface area (Å²) in [5, 5.41) is 0. The molecule has 2 rings (SSSR count). The lowest BCUT2D eigenvalue weighted by molar-refractivity contribution is 0.443. The van der Waals surface area contributed by atoms with Gasteiger partial charge in [-0.25, -0.2) is 4.21 Å². The van der Waals surface area contributed by atoms with Crippen LogP contribution in [0.3, 0.4) is 0 Å². The van der Waals surface area contributed by atoms with Crippen LogP contribution in [0.1, 0.15) is 38.2 Å². The van der Waals surface area contributed by atoms with Crippen molar-refractivity contribution in [3.05, 3.63) is 41.6 Å². The highest BCUT2D eigenvalue weighted by Crippen LogP contribution is 2.27. The van der Waals surface area contributed by atoms with Gasteiger partial charge in [0.25, 0.3) is 0 Å². The summed E-state index contributed by atoms with van der Waals surface area (Å²) < 4.78 is 15.0. The highest BCUT2D eigenvalue weighted by Gasteiger charge is 2.12. The first-order chi connectivity index (χ1) is 8.65. The van der Waals surface area contributed by atoms with Crippen LogP contribution in [0, 0.1) is 12.8 Å². The van der Waals surface area contributed by atoms with Crippen LogP contribution in [0.25, 0.3) is 0 Å². The molecule has 0 saturated heterocycles. The topological polar surface area (TPSA) is 29.1 Å². The first kappa shape index (κ1) is 13.3. The Kier molecular flexibility index (Phi) is 4.59. The molecule has 0 amide bonds. The zero-order valence-electron chi connectivity index (χ0n) is 11.1. The highest BCUT2D eigenvalue weighted by molar-refractivity contribution is 7.83. The normalized spacial score (nSPS) is 21.4. The third-order valence-corrected chi connectivity index (χ3v) is 4.55. The van der Waals surface area contributed by atoms with Gasteiger partial charge in [-0.05, 0) is 50.7 Å². The van der Waals surface area contributed by atoms with Crippen molar-refractivity contribution in [2.45, 2.75) is 44.4 Å². The van der Waals surface area contributed by atoms with E-state index < -0.39 is 11.0 Å². The van der Waals surface area contributed by atoms with Crippen molar-refractivity contribution in [1.29, 1.82) is 0 Å². The van der Waals surface area contributed by atoms with Crippen molar-refractivity contribution in [3.63, 3.8) is 0 Å². The number of allylic oxidation sites excluding steroid dienone is 1. The van der Waals surface area contributed by atoms with Crippen molar-refractivity contribution in [3.8, 4) is 0 Å². The third kappa shape index (κ3) is 3.70. The second-order valence-electron chi connectivity index (χ2n) is 5.18. The van der Waals surface area contributed by atoms with Crippen LogP contribution in [0.5, 0.6) is 0 Å². The minimum Gasteiger partial charge on any atom is -0.308 e. The summed E-state index contributed by atoms with van der Waals surface area (Å²) in [7, 11) is -1.13. The number of aryl methyl sites for hydroxylation is 1. The van der Waals surface area contributed by atoms with Crippen molar-refractivity contribution in [2.24, 2.45) is 5.92 Å². The summed E-state index contributed by atoms with van der Waals surface area (Å²) in [6.07, 6.45) is 6.75. The summed E-state index contributed by atoms with van der Waals surface area (Å²) in [6, 6.07) is 7.81. The lowest BCUT2D eigenvalue weighted by atomic mass is 9.88. The fourth-order valence-corrected chi connectivity index (χ4v) is 2.94. The quantitative estimate of drug-likeness (QED) is 0.885. The van der Waals surface area contributed by atoms with Gasteiger partial charge in [0.15, 0.2) is 0 Å². The molecule has 0 spiro atoms. The van der Waals surface area contributed by atoms with E-state index in [9.17, 15) is 4.21 Å². The Morgan fingerprint density at radius 2 is 1.83 bits per heavy atom. The van der Waals surface area contributed by atoms with Crippen LogP contribution in [0.2, 0.25) is 0 Å². The molecule has 1 aromatic rings. The van der Waals surface area contributed by atoms with Gasteiger partial charge in [-0.15, -0.1) is 0 Å². The molecule has 1 saturated carbocycles. The molecule has 0 heterocycles. The molecule has 1 atom stereocenters. The highest BCUT2D eigenvalue weighted by atomic mass is 32.2. The summed E-state index contributed by atoms with van der Waals surface area (Å²) in [4.78, 5) is 0.835. The van der Waals surface area contributed by atoms with Crippen molar-refractivity contribution in [1.82, 2.24) is 4.72 Å². The van der Waals surface area contributed by atoms with E-state index in [1.54, 1.807) is 0 Å². The summed E-state index contributed by atoms with van der Waals surface area (Å²) in [5.41, 5.74) is 2.59. The predicted octanol–water partition coefficient (Wildman–Crippen LogP) is 3.70. The van der Waals surface area contributed by atoms with Crippen LogP contribution in [0.15, 0.2) is 40.9 Å². The molecule has 18 heavy (non-hydrogen) atoms. The van der Waals surface area contributed by atoms with Gasteiger partial charge in [0.05, 0.1) is 4.90 Å². The second-order valence-corrected chi connectivity index (χ2v) is 6.43. The second kappa shape index (κ2) is 6.19. The molecule has 98 valence electrons. The standard InChI is InChI=1S/C15H21NOS/c1-12-3-7-14(8-4-12)11-16-18(17)15-9-5-13(2)6-10-15/h5-6,9-12,16H,3-4,7-8H2,1-2H3/t12?,18-/m0/s1. The van der Waals surface area contributed by atoms with Gasteiger partial charge in [0.2, 0.25) is 0 Å². The van der Waals surface area contributed by atoms with Crippen molar-refractivity contribution in [2.75, 3.05) is 0 Å². The first-order valence-electron chi connectivity index (χ1n) is 6.57. The van der Waals surface area contributed by atoms with Gasteiger partial charge in [0, 0.05) is 6.20 Å². The van der Waals surface area contributed by atoms with E-state index in [0.717, 1.165) is 23.7 Å². The van der Waals surface area contributed by atoms with Crippen LogP contribution in [-0.4, -0.2) is 4.21 Å². The largest absolute Gasteiger partial charge is 0.308 e. The van der Waals surface area contributed by atoms with Crippen LogP contribution in [-0.2, 0) is 11.0 Å². The lowest BCUT2D eigenvalue weighted by Gasteiger charge is -2.20. The molecule has 0 aliphatic heterocycles. The van der Waals surface area contributed by atoms with E-state index in [-0.39, 0.29) is 0 Å². The van der Waals surface area contributed by atoms with Gasteiger partial charge < -0.3 is 4.72 Å². The molecule has 2 nitrogen and oxygen atoms in total. The zero-order valence-corrected chi connectivity index (χ0v) is 11.9. The molecular formula is C15H21NOS. The molecule has 1 N–H and O–H groups in total. The molecule has 1 aliphatic carbocycles. The van der Waals surface area contributed by atoms with Crippen LogP contribution >= 0.6 is 0 Å². The molecule has 1 aliphatic rings. The van der Waals surface area contributed by atoms with Crippen LogP contribution in [0.4, 0.5) is 0 Å². The average Bonchev–Trinajstić information content (AvgIpc) is 2.38. The Balaban J connectivity index is 1.92. The smallest absolute Gasteiger partial charge is 0.149 e. The molecule has 0 bridgehead atoms. The maximum Gasteiger partial charge on any atom is 0.149 e. The number of benzene rings is 1. The van der Waals surface area contributed by atoms with E-state index in [2.05, 4.69) is 11.6 Å². The van der Waals surface area contributed by atoms with Crippen molar-refractivity contribution < 1.29 is 4.21 Å². The lowest BCUT2D eigenvalue weighted by Crippen LogP contribution is -2.13. The Morgan fingerprint density at radius 1 is 1.22 bits per heavy atom. The fraction of sp³-hybridized carbons (Fsp3) is 0.467. The monoisotopic (exact) mass is 263 g/mol. The maximum absolute atomic E-state index is 12.0. The number of nitrogens with one attached hydrogen (secondary N) is 1. The Morgan fingerprint density at radius 3 is 2.44 bits per heavy atom. The molecule has 3 heteroatoms. The summed E-state index contributed by atoms with van der Waals surface area (Å²) in [6.45, 7) is 4.33. The maximum atomic E-state index is 12.0. The fourth-order valence-electron chi connectivity index (χ4n) is 2.14. The van der Waals surface area contributed by atoms with E-state index in [1.807, 2.05) is 37.4 Å². The molecule has 0 unspecified atom stereocenters. The Labute approximate surface area is 112 Å². The Hall–Kier alpha value is -1.09. The number of hydrogen-bond donors (Lipinski definition) is 1. The van der Waals surface area contributed by atoms with Crippen molar-refractivity contribution >= 4 is 11.0 Å². The van der Waals surface area contributed by atoms with Gasteiger partial charge in [-0.2, -0.15) is 0 Å². The molecule has 1 aromatic carbocycles. The van der Waals surface area contributed by atoms with E-state index in [4.69, 9.17) is 0 Å². The molecule has 0 radical (unpaired) electrons. The zero-order chi connectivity index (χ0) is 13.0. The van der Waals surface area contributed by atoms with Gasteiger partial charge in [0.1, 0.15) is 11.0 Å². The minimum absolute atomic E-state index is 0.835. The minimum atomic E-state index is -1.13. The van der Waals surface area contributed by atoms with Gasteiger partial charge in [-0.3, -0.25) is 0 Å². The van der Waals surface area contributed by atoms with E-state index >= 15 is 0 Å². The first-order valence-corrected chi connectivity index (χ1v) is 7.72. The Bertz CT molecular complexity index is 440. The van der Waals surface area contributed by atoms with Crippen LogP contribution < -0.4 is 4.72 Å². The summed E-state index contributed by atoms with van der Waals surface area (Å²) >= 11 is 0. The number of rotatable bonds is 3. The molecular weight excluding hydrogens is 242 g/mol. The van der Waals surface area contributed by atoms with Gasteiger partial charge in [-0.1, -0.05) is 30.2 Å². The average molecular weight is 263 g/mol. The number of hydrogen-bond acceptors (Lipinski definition) is 1. The molecule has 1 fully saturated rings. The molecule has 0 aromatic heterocycles. The summed E-state index contributed by atoms with van der Waals surface area (Å²) in [5.74, 6) is 0.838. The van der Waals surface area contributed by atoms with E-state index in [1.165, 1.54) is 24.0 Å². The SMILES string of the molecule is Cc1ccc([S@](=O)NC=C2CCC(C)CC2)cc1. The van der Waals surface area contributed by atoms with E-state index in [0.29, 0.717) is 0 Å². The predicted molar refractivity (Wildman–Crippen MR) is 76.4 cm³/mol. The van der Waals surface area contributed by atoms with Gasteiger partial charge >= 0.3 is 0 Å².